The molecule has 0 radical (unpaired) electrons. The van der Waals surface area contributed by atoms with E-state index in [1.165, 1.54) is 0 Å². The molecule has 0 spiro atoms. The smallest absolute Gasteiger partial charge is 0.255 e. The van der Waals surface area contributed by atoms with Crippen LogP contribution in [0.5, 0.6) is 0 Å². The zero-order valence-corrected chi connectivity index (χ0v) is 11.8. The van der Waals surface area contributed by atoms with Crippen LogP contribution < -0.4 is 5.32 Å². The highest BCUT2D eigenvalue weighted by molar-refractivity contribution is 6.04. The van der Waals surface area contributed by atoms with E-state index in [0.717, 1.165) is 12.1 Å². The van der Waals surface area contributed by atoms with E-state index in [1.54, 1.807) is 35.3 Å². The Morgan fingerprint density at radius 3 is 3.05 bits per heavy atom. The normalized spacial score (nSPS) is 9.81. The number of benzene rings is 1. The lowest BCUT2D eigenvalue weighted by Crippen LogP contribution is -2.11. The number of nitrogens with one attached hydrogen (secondary N) is 1. The fraction of sp³-hybridized carbons (Fsp3) is 0.250. The first kappa shape index (κ1) is 14.8. The molecule has 0 unspecified atom stereocenters. The molecule has 1 amide bonds. The van der Waals surface area contributed by atoms with Crippen LogP contribution in [0, 0.1) is 11.8 Å². The second-order valence-electron chi connectivity index (χ2n) is 4.40. The second-order valence-corrected chi connectivity index (χ2v) is 4.40. The van der Waals surface area contributed by atoms with E-state index in [0.29, 0.717) is 17.7 Å². The molecule has 108 valence electrons. The number of anilines is 1. The van der Waals surface area contributed by atoms with Gasteiger partial charge in [-0.05, 0) is 25.1 Å². The van der Waals surface area contributed by atoms with E-state index < -0.39 is 0 Å². The number of rotatable bonds is 4. The van der Waals surface area contributed by atoms with Crippen molar-refractivity contribution >= 4 is 11.6 Å². The predicted molar refractivity (Wildman–Crippen MR) is 80.9 cm³/mol. The van der Waals surface area contributed by atoms with Crippen LogP contribution in [0.2, 0.25) is 0 Å². The Morgan fingerprint density at radius 1 is 1.48 bits per heavy atom. The van der Waals surface area contributed by atoms with E-state index in [1.807, 2.05) is 13.0 Å². The number of hydrogen-bond acceptors (Lipinski definition) is 3. The zero-order valence-electron chi connectivity index (χ0n) is 11.8. The lowest BCUT2D eigenvalue weighted by Gasteiger charge is -2.02. The van der Waals surface area contributed by atoms with Crippen LogP contribution in [0.1, 0.15) is 29.3 Å². The molecule has 2 rings (SSSR count). The molecular formula is C16H17N3O2. The standard InChI is InChI=1S/C16H17N3O2/c1-2-19-12-15(11-17-19)18-16(21)14-8-5-7-13(10-14)6-3-4-9-20/h5,7-8,10-12,20H,2,4,9H2,1H3,(H,18,21). The molecule has 0 saturated heterocycles. The van der Waals surface area contributed by atoms with Gasteiger partial charge >= 0.3 is 0 Å². The molecular weight excluding hydrogens is 266 g/mol. The van der Waals surface area contributed by atoms with Crippen LogP contribution in [0.4, 0.5) is 5.69 Å². The van der Waals surface area contributed by atoms with Gasteiger partial charge < -0.3 is 10.4 Å². The first-order valence-electron chi connectivity index (χ1n) is 6.76. The monoisotopic (exact) mass is 283 g/mol. The number of carbonyl (C=O) groups excluding carboxylic acids is 1. The molecule has 1 aromatic heterocycles. The summed E-state index contributed by atoms with van der Waals surface area (Å²) in [5.41, 5.74) is 1.95. The van der Waals surface area contributed by atoms with Crippen molar-refractivity contribution in [3.8, 4) is 11.8 Å². The topological polar surface area (TPSA) is 67.2 Å². The Kier molecular flexibility index (Phi) is 5.13. The summed E-state index contributed by atoms with van der Waals surface area (Å²) in [6.07, 6.45) is 3.82. The number of aromatic nitrogens is 2. The summed E-state index contributed by atoms with van der Waals surface area (Å²) >= 11 is 0. The van der Waals surface area contributed by atoms with E-state index in [2.05, 4.69) is 22.3 Å². The zero-order chi connectivity index (χ0) is 15.1. The van der Waals surface area contributed by atoms with Gasteiger partial charge in [0.15, 0.2) is 0 Å². The van der Waals surface area contributed by atoms with Crippen LogP contribution in [-0.4, -0.2) is 27.4 Å². The molecule has 0 atom stereocenters. The third-order valence-electron chi connectivity index (χ3n) is 2.81. The van der Waals surface area contributed by atoms with Crippen LogP contribution >= 0.6 is 0 Å². The molecule has 2 N–H and O–H groups in total. The number of aryl methyl sites for hydroxylation is 1. The van der Waals surface area contributed by atoms with Gasteiger partial charge in [-0.25, -0.2) is 0 Å². The molecule has 0 aliphatic heterocycles. The van der Waals surface area contributed by atoms with Gasteiger partial charge in [-0.2, -0.15) is 5.10 Å². The van der Waals surface area contributed by atoms with Gasteiger partial charge in [0.25, 0.3) is 5.91 Å². The van der Waals surface area contributed by atoms with Crippen molar-refractivity contribution in [3.63, 3.8) is 0 Å². The molecule has 0 aliphatic carbocycles. The molecule has 2 aromatic rings. The number of amides is 1. The van der Waals surface area contributed by atoms with Crippen molar-refractivity contribution in [3.05, 3.63) is 47.8 Å². The van der Waals surface area contributed by atoms with Gasteiger partial charge in [-0.15, -0.1) is 0 Å². The van der Waals surface area contributed by atoms with Crippen LogP contribution in [0.25, 0.3) is 0 Å². The average Bonchev–Trinajstić information content (AvgIpc) is 2.95. The van der Waals surface area contributed by atoms with Gasteiger partial charge in [0.2, 0.25) is 0 Å². The summed E-state index contributed by atoms with van der Waals surface area (Å²) in [5.74, 6) is 5.55. The minimum atomic E-state index is -0.198. The Balaban J connectivity index is 2.08. The molecule has 21 heavy (non-hydrogen) atoms. The Bertz CT molecular complexity index is 680. The highest BCUT2D eigenvalue weighted by Gasteiger charge is 2.07. The quantitative estimate of drug-likeness (QED) is 0.842. The van der Waals surface area contributed by atoms with E-state index >= 15 is 0 Å². The Morgan fingerprint density at radius 2 is 2.33 bits per heavy atom. The molecule has 1 heterocycles. The predicted octanol–water partition coefficient (Wildman–Crippen LogP) is 1.89. The Hall–Kier alpha value is -2.58. The number of carbonyl (C=O) groups is 1. The summed E-state index contributed by atoms with van der Waals surface area (Å²) in [6, 6.07) is 7.07. The maximum atomic E-state index is 12.2. The van der Waals surface area contributed by atoms with Gasteiger partial charge in [0.1, 0.15) is 0 Å². The summed E-state index contributed by atoms with van der Waals surface area (Å²) in [6.45, 7) is 2.77. The highest BCUT2D eigenvalue weighted by atomic mass is 16.2. The maximum absolute atomic E-state index is 12.2. The number of aliphatic hydroxyl groups excluding tert-OH is 1. The largest absolute Gasteiger partial charge is 0.395 e. The third kappa shape index (κ3) is 4.20. The van der Waals surface area contributed by atoms with E-state index in [9.17, 15) is 4.79 Å². The summed E-state index contributed by atoms with van der Waals surface area (Å²) in [4.78, 5) is 12.2. The summed E-state index contributed by atoms with van der Waals surface area (Å²) in [7, 11) is 0. The second kappa shape index (κ2) is 7.27. The summed E-state index contributed by atoms with van der Waals surface area (Å²) in [5, 5.41) is 15.6. The highest BCUT2D eigenvalue weighted by Crippen LogP contribution is 2.10. The maximum Gasteiger partial charge on any atom is 0.255 e. The fourth-order valence-corrected chi connectivity index (χ4v) is 1.76. The minimum Gasteiger partial charge on any atom is -0.395 e. The first-order chi connectivity index (χ1) is 10.2. The van der Waals surface area contributed by atoms with Crippen LogP contribution in [-0.2, 0) is 6.54 Å². The lowest BCUT2D eigenvalue weighted by molar-refractivity contribution is 0.102. The molecule has 0 saturated carbocycles. The van der Waals surface area contributed by atoms with Crippen molar-refractivity contribution in [2.24, 2.45) is 0 Å². The van der Waals surface area contributed by atoms with Gasteiger partial charge in [0, 0.05) is 30.3 Å². The van der Waals surface area contributed by atoms with Crippen molar-refractivity contribution in [2.45, 2.75) is 19.9 Å². The van der Waals surface area contributed by atoms with Crippen molar-refractivity contribution in [1.29, 1.82) is 0 Å². The number of hydrogen-bond donors (Lipinski definition) is 2. The first-order valence-corrected chi connectivity index (χ1v) is 6.76. The molecule has 0 bridgehead atoms. The Labute approximate surface area is 123 Å². The van der Waals surface area contributed by atoms with Gasteiger partial charge in [0.05, 0.1) is 18.5 Å². The molecule has 0 fully saturated rings. The van der Waals surface area contributed by atoms with E-state index in [4.69, 9.17) is 5.11 Å². The van der Waals surface area contributed by atoms with Crippen molar-refractivity contribution in [2.75, 3.05) is 11.9 Å². The van der Waals surface area contributed by atoms with Crippen molar-refractivity contribution < 1.29 is 9.90 Å². The SMILES string of the molecule is CCn1cc(NC(=O)c2cccc(C#CCCO)c2)cn1. The number of nitrogens with zero attached hydrogens (tertiary/aromatic N) is 2. The molecule has 5 nitrogen and oxygen atoms in total. The molecule has 1 aromatic carbocycles. The molecule has 5 heteroatoms. The van der Waals surface area contributed by atoms with Gasteiger partial charge in [-0.3, -0.25) is 9.48 Å². The minimum absolute atomic E-state index is 0.0363. The van der Waals surface area contributed by atoms with Gasteiger partial charge in [-0.1, -0.05) is 17.9 Å². The summed E-state index contributed by atoms with van der Waals surface area (Å²) < 4.78 is 1.74. The van der Waals surface area contributed by atoms with Crippen molar-refractivity contribution in [1.82, 2.24) is 9.78 Å². The fourth-order valence-electron chi connectivity index (χ4n) is 1.76. The van der Waals surface area contributed by atoms with Crippen LogP contribution in [0.3, 0.4) is 0 Å². The van der Waals surface area contributed by atoms with Crippen LogP contribution in [0.15, 0.2) is 36.7 Å². The average molecular weight is 283 g/mol. The molecule has 0 aliphatic rings. The van der Waals surface area contributed by atoms with E-state index in [-0.39, 0.29) is 12.5 Å². The lowest BCUT2D eigenvalue weighted by atomic mass is 10.1. The number of aliphatic hydroxyl groups is 1. The third-order valence-corrected chi connectivity index (χ3v) is 2.81.